The standard InChI is InChI=1S/C7H8N4/c8-6-10-3-4-11-2-1-9-7(11)5-10/h1-2H,3-5H2. The summed E-state index contributed by atoms with van der Waals surface area (Å²) in [6, 6.07) is 0. The molecule has 1 aliphatic rings. The van der Waals surface area contributed by atoms with Gasteiger partial charge in [-0.15, -0.1) is 0 Å². The number of hydrogen-bond donors (Lipinski definition) is 0. The van der Waals surface area contributed by atoms with E-state index in [4.69, 9.17) is 5.26 Å². The molecular weight excluding hydrogens is 140 g/mol. The highest BCUT2D eigenvalue weighted by Gasteiger charge is 2.13. The van der Waals surface area contributed by atoms with Gasteiger partial charge >= 0.3 is 0 Å². The van der Waals surface area contributed by atoms with Crippen LogP contribution in [-0.2, 0) is 13.1 Å². The fourth-order valence-electron chi connectivity index (χ4n) is 1.26. The SMILES string of the molecule is N#CN1CCn2ccnc2C1. The highest BCUT2D eigenvalue weighted by atomic mass is 15.2. The number of nitriles is 1. The third-order valence-corrected chi connectivity index (χ3v) is 1.89. The first-order valence-electron chi connectivity index (χ1n) is 3.55. The van der Waals surface area contributed by atoms with Crippen molar-refractivity contribution in [3.63, 3.8) is 0 Å². The summed E-state index contributed by atoms with van der Waals surface area (Å²) >= 11 is 0. The Hall–Kier alpha value is -1.50. The molecule has 0 fully saturated rings. The van der Waals surface area contributed by atoms with E-state index in [1.54, 1.807) is 11.1 Å². The summed E-state index contributed by atoms with van der Waals surface area (Å²) in [6.07, 6.45) is 5.84. The zero-order valence-corrected chi connectivity index (χ0v) is 6.06. The molecule has 0 unspecified atom stereocenters. The number of fused-ring (bicyclic) bond motifs is 1. The van der Waals surface area contributed by atoms with Gasteiger partial charge in [0.2, 0.25) is 0 Å². The Morgan fingerprint density at radius 2 is 2.45 bits per heavy atom. The van der Waals surface area contributed by atoms with Crippen molar-refractivity contribution < 1.29 is 0 Å². The minimum Gasteiger partial charge on any atom is -0.332 e. The van der Waals surface area contributed by atoms with Crippen molar-refractivity contribution in [2.75, 3.05) is 6.54 Å². The van der Waals surface area contributed by atoms with Crippen LogP contribution in [0.5, 0.6) is 0 Å². The fourth-order valence-corrected chi connectivity index (χ4v) is 1.26. The van der Waals surface area contributed by atoms with Crippen LogP contribution in [-0.4, -0.2) is 21.0 Å². The zero-order valence-electron chi connectivity index (χ0n) is 6.06. The molecule has 0 bridgehead atoms. The molecule has 11 heavy (non-hydrogen) atoms. The third-order valence-electron chi connectivity index (χ3n) is 1.89. The molecule has 0 aliphatic carbocycles. The van der Waals surface area contributed by atoms with Crippen molar-refractivity contribution in [3.05, 3.63) is 18.2 Å². The van der Waals surface area contributed by atoms with Crippen molar-refractivity contribution in [1.29, 1.82) is 5.26 Å². The third kappa shape index (κ3) is 0.944. The molecule has 0 saturated carbocycles. The lowest BCUT2D eigenvalue weighted by atomic mass is 10.4. The number of aromatic nitrogens is 2. The quantitative estimate of drug-likeness (QED) is 0.493. The Morgan fingerprint density at radius 3 is 3.27 bits per heavy atom. The summed E-state index contributed by atoms with van der Waals surface area (Å²) in [5.41, 5.74) is 0. The van der Waals surface area contributed by atoms with Crippen LogP contribution in [0.4, 0.5) is 0 Å². The first kappa shape index (κ1) is 6.23. The smallest absolute Gasteiger partial charge is 0.179 e. The minimum absolute atomic E-state index is 0.656. The Balaban J connectivity index is 2.26. The molecule has 4 nitrogen and oxygen atoms in total. The van der Waals surface area contributed by atoms with Gasteiger partial charge in [0.25, 0.3) is 0 Å². The Kier molecular flexibility index (Phi) is 1.29. The molecule has 0 saturated heterocycles. The second-order valence-electron chi connectivity index (χ2n) is 2.56. The number of nitrogens with zero attached hydrogens (tertiary/aromatic N) is 4. The van der Waals surface area contributed by atoms with E-state index in [-0.39, 0.29) is 0 Å². The normalized spacial score (nSPS) is 15.7. The summed E-state index contributed by atoms with van der Waals surface area (Å²) < 4.78 is 2.08. The Labute approximate surface area is 64.7 Å². The van der Waals surface area contributed by atoms with Gasteiger partial charge in [0.15, 0.2) is 6.19 Å². The summed E-state index contributed by atoms with van der Waals surface area (Å²) in [5.74, 6) is 0.984. The zero-order chi connectivity index (χ0) is 7.68. The van der Waals surface area contributed by atoms with Crippen molar-refractivity contribution in [2.45, 2.75) is 13.1 Å². The van der Waals surface area contributed by atoms with Crippen LogP contribution < -0.4 is 0 Å². The molecule has 1 aromatic heterocycles. The maximum atomic E-state index is 8.59. The van der Waals surface area contributed by atoms with Crippen molar-refractivity contribution >= 4 is 0 Å². The van der Waals surface area contributed by atoms with Gasteiger partial charge in [-0.05, 0) is 0 Å². The molecule has 2 rings (SSSR count). The van der Waals surface area contributed by atoms with E-state index in [1.165, 1.54) is 0 Å². The van der Waals surface area contributed by atoms with Gasteiger partial charge in [-0.2, -0.15) is 5.26 Å². The van der Waals surface area contributed by atoms with Crippen LogP contribution in [0, 0.1) is 11.5 Å². The monoisotopic (exact) mass is 148 g/mol. The molecule has 4 heteroatoms. The molecule has 1 aliphatic heterocycles. The van der Waals surface area contributed by atoms with E-state index in [1.807, 2.05) is 6.20 Å². The highest BCUT2D eigenvalue weighted by Crippen LogP contribution is 2.07. The van der Waals surface area contributed by atoms with Gasteiger partial charge < -0.3 is 9.47 Å². The number of hydrogen-bond acceptors (Lipinski definition) is 3. The topological polar surface area (TPSA) is 44.9 Å². The summed E-state index contributed by atoms with van der Waals surface area (Å²) in [5, 5.41) is 8.59. The van der Waals surface area contributed by atoms with E-state index < -0.39 is 0 Å². The molecule has 2 heterocycles. The van der Waals surface area contributed by atoms with Crippen molar-refractivity contribution in [3.8, 4) is 6.19 Å². The predicted octanol–water partition coefficient (Wildman–Crippen LogP) is 0.180. The van der Waals surface area contributed by atoms with Crippen LogP contribution >= 0.6 is 0 Å². The second-order valence-corrected chi connectivity index (χ2v) is 2.56. The Morgan fingerprint density at radius 1 is 1.55 bits per heavy atom. The van der Waals surface area contributed by atoms with Gasteiger partial charge in [0.05, 0.1) is 6.54 Å². The van der Waals surface area contributed by atoms with E-state index in [9.17, 15) is 0 Å². The molecule has 0 aromatic carbocycles. The maximum Gasteiger partial charge on any atom is 0.179 e. The molecule has 0 spiro atoms. The van der Waals surface area contributed by atoms with Gasteiger partial charge in [0, 0.05) is 25.5 Å². The lowest BCUT2D eigenvalue weighted by Gasteiger charge is -2.21. The second kappa shape index (κ2) is 2.27. The van der Waals surface area contributed by atoms with E-state index in [0.29, 0.717) is 6.54 Å². The average Bonchev–Trinajstić information content (AvgIpc) is 2.50. The first-order chi connectivity index (χ1) is 5.40. The average molecular weight is 148 g/mol. The van der Waals surface area contributed by atoms with E-state index >= 15 is 0 Å². The molecule has 1 aromatic rings. The van der Waals surface area contributed by atoms with Crippen LogP contribution in [0.15, 0.2) is 12.4 Å². The van der Waals surface area contributed by atoms with Crippen LogP contribution in [0.1, 0.15) is 5.82 Å². The minimum atomic E-state index is 0.656. The predicted molar refractivity (Wildman–Crippen MR) is 38.3 cm³/mol. The molecule has 56 valence electrons. The number of imidazole rings is 1. The van der Waals surface area contributed by atoms with E-state index in [2.05, 4.69) is 15.7 Å². The largest absolute Gasteiger partial charge is 0.332 e. The lowest BCUT2D eigenvalue weighted by molar-refractivity contribution is 0.309. The van der Waals surface area contributed by atoms with E-state index in [0.717, 1.165) is 18.9 Å². The lowest BCUT2D eigenvalue weighted by Crippen LogP contribution is -2.29. The Bertz CT molecular complexity index is 296. The summed E-state index contributed by atoms with van der Waals surface area (Å²) in [4.78, 5) is 5.84. The fraction of sp³-hybridized carbons (Fsp3) is 0.429. The first-order valence-corrected chi connectivity index (χ1v) is 3.55. The molecule has 0 amide bonds. The molecule has 0 N–H and O–H groups in total. The maximum absolute atomic E-state index is 8.59. The van der Waals surface area contributed by atoms with Crippen LogP contribution in [0.3, 0.4) is 0 Å². The van der Waals surface area contributed by atoms with Crippen molar-refractivity contribution in [2.24, 2.45) is 0 Å². The van der Waals surface area contributed by atoms with Gasteiger partial charge in [0.1, 0.15) is 5.82 Å². The van der Waals surface area contributed by atoms with Gasteiger partial charge in [-0.25, -0.2) is 4.98 Å². The van der Waals surface area contributed by atoms with Gasteiger partial charge in [-0.1, -0.05) is 0 Å². The van der Waals surface area contributed by atoms with Crippen LogP contribution in [0.25, 0.3) is 0 Å². The molecule has 0 radical (unpaired) electrons. The summed E-state index contributed by atoms with van der Waals surface area (Å²) in [6.45, 7) is 2.34. The van der Waals surface area contributed by atoms with Crippen molar-refractivity contribution in [1.82, 2.24) is 14.5 Å². The molecular formula is C7H8N4. The number of rotatable bonds is 0. The van der Waals surface area contributed by atoms with Gasteiger partial charge in [-0.3, -0.25) is 0 Å². The summed E-state index contributed by atoms with van der Waals surface area (Å²) in [7, 11) is 0. The van der Waals surface area contributed by atoms with Crippen LogP contribution in [0.2, 0.25) is 0 Å². The molecule has 0 atom stereocenters. The highest BCUT2D eigenvalue weighted by molar-refractivity contribution is 4.97.